The van der Waals surface area contributed by atoms with Crippen molar-refractivity contribution in [3.8, 4) is 11.3 Å². The Kier molecular flexibility index (Phi) is 5.04. The Balaban J connectivity index is 2.26. The maximum absolute atomic E-state index is 11.3. The number of ether oxygens (including phenoxy) is 1. The lowest BCUT2D eigenvalue weighted by Gasteiger charge is -2.05. The highest BCUT2D eigenvalue weighted by Gasteiger charge is 2.21. The maximum atomic E-state index is 11.3. The minimum atomic E-state index is -1.09. The van der Waals surface area contributed by atoms with Gasteiger partial charge in [0.15, 0.2) is 5.69 Å². The summed E-state index contributed by atoms with van der Waals surface area (Å²) in [5, 5.41) is 21.2. The third-order valence-electron chi connectivity index (χ3n) is 3.14. The summed E-state index contributed by atoms with van der Waals surface area (Å²) in [6.45, 7) is 3.95. The molecule has 2 heterocycles. The third kappa shape index (κ3) is 3.46. The zero-order valence-corrected chi connectivity index (χ0v) is 12.2. The number of aryl methyl sites for hydroxylation is 2. The first-order valence-corrected chi connectivity index (χ1v) is 6.86. The van der Waals surface area contributed by atoms with Gasteiger partial charge in [-0.15, -0.1) is 5.10 Å². The van der Waals surface area contributed by atoms with E-state index < -0.39 is 5.97 Å². The number of hydrogen-bond acceptors (Lipinski definition) is 5. The van der Waals surface area contributed by atoms with E-state index in [1.807, 2.05) is 6.92 Å². The van der Waals surface area contributed by atoms with Gasteiger partial charge >= 0.3 is 5.97 Å². The predicted molar refractivity (Wildman–Crippen MR) is 75.0 cm³/mol. The number of hydrogen-bond donors (Lipinski definition) is 1. The molecule has 0 radical (unpaired) electrons. The van der Waals surface area contributed by atoms with Crippen LogP contribution in [0.5, 0.6) is 0 Å². The SMILES string of the molecule is CCn1cc(-c2c(C(=O)O)nnn2CCCCOC)cn1. The van der Waals surface area contributed by atoms with E-state index in [1.54, 1.807) is 28.9 Å². The molecule has 8 nitrogen and oxygen atoms in total. The Morgan fingerprint density at radius 1 is 1.43 bits per heavy atom. The lowest BCUT2D eigenvalue weighted by Crippen LogP contribution is -2.05. The lowest BCUT2D eigenvalue weighted by atomic mass is 10.2. The quantitative estimate of drug-likeness (QED) is 0.737. The summed E-state index contributed by atoms with van der Waals surface area (Å²) >= 11 is 0. The number of aromatic carboxylic acids is 1. The van der Waals surface area contributed by atoms with Crippen LogP contribution in [0.1, 0.15) is 30.3 Å². The zero-order chi connectivity index (χ0) is 15.2. The molecule has 0 aliphatic rings. The van der Waals surface area contributed by atoms with Crippen LogP contribution >= 0.6 is 0 Å². The van der Waals surface area contributed by atoms with Gasteiger partial charge in [-0.25, -0.2) is 9.48 Å². The van der Waals surface area contributed by atoms with Crippen LogP contribution in [-0.2, 0) is 17.8 Å². The van der Waals surface area contributed by atoms with E-state index in [0.717, 1.165) is 19.4 Å². The summed E-state index contributed by atoms with van der Waals surface area (Å²) in [7, 11) is 1.66. The minimum Gasteiger partial charge on any atom is -0.476 e. The molecule has 2 rings (SSSR count). The molecule has 21 heavy (non-hydrogen) atoms. The topological polar surface area (TPSA) is 95.1 Å². The highest BCUT2D eigenvalue weighted by Crippen LogP contribution is 2.22. The standard InChI is InChI=1S/C13H19N5O3/c1-3-17-9-10(8-14-17)12-11(13(19)20)15-16-18(12)6-4-5-7-21-2/h8-9H,3-7H2,1-2H3,(H,19,20). The number of unbranched alkanes of at least 4 members (excludes halogenated alkanes) is 1. The zero-order valence-electron chi connectivity index (χ0n) is 12.2. The van der Waals surface area contributed by atoms with Crippen molar-refractivity contribution >= 4 is 5.97 Å². The van der Waals surface area contributed by atoms with Crippen molar-refractivity contribution in [1.29, 1.82) is 0 Å². The van der Waals surface area contributed by atoms with Crippen molar-refractivity contribution in [2.75, 3.05) is 13.7 Å². The van der Waals surface area contributed by atoms with Gasteiger partial charge in [0.05, 0.1) is 6.20 Å². The Morgan fingerprint density at radius 2 is 2.24 bits per heavy atom. The van der Waals surface area contributed by atoms with Crippen molar-refractivity contribution in [2.45, 2.75) is 32.9 Å². The molecule has 114 valence electrons. The smallest absolute Gasteiger partial charge is 0.358 e. The molecule has 0 aliphatic carbocycles. The van der Waals surface area contributed by atoms with Gasteiger partial charge in [-0.2, -0.15) is 5.10 Å². The van der Waals surface area contributed by atoms with Crippen LogP contribution in [0.2, 0.25) is 0 Å². The molecular weight excluding hydrogens is 274 g/mol. The van der Waals surface area contributed by atoms with Crippen molar-refractivity contribution < 1.29 is 14.6 Å². The Hall–Kier alpha value is -2.22. The van der Waals surface area contributed by atoms with Crippen LogP contribution in [0, 0.1) is 0 Å². The summed E-state index contributed by atoms with van der Waals surface area (Å²) in [6, 6.07) is 0. The van der Waals surface area contributed by atoms with Gasteiger partial charge in [0.2, 0.25) is 0 Å². The van der Waals surface area contributed by atoms with E-state index in [1.165, 1.54) is 0 Å². The fourth-order valence-electron chi connectivity index (χ4n) is 2.07. The first-order valence-electron chi connectivity index (χ1n) is 6.86. The van der Waals surface area contributed by atoms with Gasteiger partial charge in [-0.3, -0.25) is 4.68 Å². The molecule has 0 aliphatic heterocycles. The van der Waals surface area contributed by atoms with Crippen molar-refractivity contribution in [1.82, 2.24) is 24.8 Å². The second kappa shape index (κ2) is 6.98. The third-order valence-corrected chi connectivity index (χ3v) is 3.14. The first-order chi connectivity index (χ1) is 10.2. The average Bonchev–Trinajstić information content (AvgIpc) is 3.09. The molecule has 0 aromatic carbocycles. The maximum Gasteiger partial charge on any atom is 0.358 e. The van der Waals surface area contributed by atoms with E-state index in [9.17, 15) is 9.90 Å². The molecule has 0 fully saturated rings. The molecule has 1 N–H and O–H groups in total. The van der Waals surface area contributed by atoms with Crippen LogP contribution in [0.3, 0.4) is 0 Å². The Bertz CT molecular complexity index is 605. The summed E-state index contributed by atoms with van der Waals surface area (Å²) in [5.74, 6) is -1.09. The van der Waals surface area contributed by atoms with Gasteiger partial charge in [0, 0.05) is 38.6 Å². The number of carbonyl (C=O) groups is 1. The highest BCUT2D eigenvalue weighted by molar-refractivity contribution is 5.92. The molecule has 0 amide bonds. The second-order valence-electron chi connectivity index (χ2n) is 4.60. The summed E-state index contributed by atoms with van der Waals surface area (Å²) in [4.78, 5) is 11.3. The molecule has 8 heteroatoms. The minimum absolute atomic E-state index is 0.0441. The molecule has 0 atom stereocenters. The normalized spacial score (nSPS) is 11.0. The lowest BCUT2D eigenvalue weighted by molar-refractivity contribution is 0.0691. The summed E-state index contributed by atoms with van der Waals surface area (Å²) in [5.41, 5.74) is 1.17. The largest absolute Gasteiger partial charge is 0.476 e. The Morgan fingerprint density at radius 3 is 2.86 bits per heavy atom. The van der Waals surface area contributed by atoms with Crippen LogP contribution in [0.25, 0.3) is 11.3 Å². The first kappa shape index (κ1) is 15.2. The number of aromatic nitrogens is 5. The van der Waals surface area contributed by atoms with E-state index in [2.05, 4.69) is 15.4 Å². The molecule has 0 bridgehead atoms. The van der Waals surface area contributed by atoms with Crippen LogP contribution < -0.4 is 0 Å². The monoisotopic (exact) mass is 293 g/mol. The molecule has 0 saturated carbocycles. The van der Waals surface area contributed by atoms with E-state index in [4.69, 9.17) is 4.74 Å². The average molecular weight is 293 g/mol. The van der Waals surface area contributed by atoms with Gasteiger partial charge in [0.25, 0.3) is 0 Å². The van der Waals surface area contributed by atoms with Crippen LogP contribution in [-0.4, -0.2) is 49.6 Å². The molecule has 0 spiro atoms. The van der Waals surface area contributed by atoms with E-state index >= 15 is 0 Å². The second-order valence-corrected chi connectivity index (χ2v) is 4.60. The van der Waals surface area contributed by atoms with Crippen molar-refractivity contribution in [3.63, 3.8) is 0 Å². The molecular formula is C13H19N5O3. The van der Waals surface area contributed by atoms with Gasteiger partial charge in [-0.05, 0) is 19.8 Å². The summed E-state index contributed by atoms with van der Waals surface area (Å²) in [6.07, 6.45) is 5.16. The fourth-order valence-corrected chi connectivity index (χ4v) is 2.07. The van der Waals surface area contributed by atoms with Crippen molar-refractivity contribution in [3.05, 3.63) is 18.1 Å². The number of carboxylic acids is 1. The number of rotatable bonds is 8. The molecule has 0 saturated heterocycles. The Labute approximate surface area is 122 Å². The van der Waals surface area contributed by atoms with Gasteiger partial charge in [-0.1, -0.05) is 5.21 Å². The van der Waals surface area contributed by atoms with Crippen LogP contribution in [0.4, 0.5) is 0 Å². The molecule has 0 unspecified atom stereocenters. The molecule has 2 aromatic rings. The van der Waals surface area contributed by atoms with Crippen LogP contribution in [0.15, 0.2) is 12.4 Å². The fraction of sp³-hybridized carbons (Fsp3) is 0.538. The number of nitrogens with zero attached hydrogens (tertiary/aromatic N) is 5. The van der Waals surface area contributed by atoms with Crippen molar-refractivity contribution in [2.24, 2.45) is 0 Å². The van der Waals surface area contributed by atoms with E-state index in [-0.39, 0.29) is 5.69 Å². The molecule has 2 aromatic heterocycles. The number of methoxy groups -OCH3 is 1. The predicted octanol–water partition coefficient (Wildman–Crippen LogP) is 1.29. The van der Waals surface area contributed by atoms with Gasteiger partial charge in [0.1, 0.15) is 5.69 Å². The number of carboxylic acid groups (broad SMARTS) is 1. The van der Waals surface area contributed by atoms with Gasteiger partial charge < -0.3 is 9.84 Å². The highest BCUT2D eigenvalue weighted by atomic mass is 16.5. The van der Waals surface area contributed by atoms with E-state index in [0.29, 0.717) is 24.4 Å². The summed E-state index contributed by atoms with van der Waals surface area (Å²) < 4.78 is 8.36.